The van der Waals surface area contributed by atoms with Gasteiger partial charge in [0.2, 0.25) is 0 Å². The van der Waals surface area contributed by atoms with Gasteiger partial charge in [-0.3, -0.25) is 4.79 Å². The van der Waals surface area contributed by atoms with Gasteiger partial charge in [0.15, 0.2) is 0 Å². The highest BCUT2D eigenvalue weighted by molar-refractivity contribution is 6.16. The minimum atomic E-state index is 0.0503. The number of carbonyl (C=O) groups excluding carboxylic acids is 1. The predicted molar refractivity (Wildman–Crippen MR) is 107 cm³/mol. The van der Waals surface area contributed by atoms with Gasteiger partial charge in [-0.1, -0.05) is 17.3 Å². The minimum absolute atomic E-state index is 0.0503. The lowest BCUT2D eigenvalue weighted by atomic mass is 9.97. The van der Waals surface area contributed by atoms with E-state index in [2.05, 4.69) is 22.3 Å². The van der Waals surface area contributed by atoms with Crippen LogP contribution in [0.2, 0.25) is 0 Å². The molecule has 1 aliphatic rings. The van der Waals surface area contributed by atoms with Gasteiger partial charge in [-0.2, -0.15) is 0 Å². The number of aryl methyl sites for hydroxylation is 2. The third-order valence-electron chi connectivity index (χ3n) is 5.47. The number of morpholine rings is 1. The number of hydrogen-bond acceptors (Lipinski definition) is 4. The Morgan fingerprint density at radius 3 is 2.68 bits per heavy atom. The summed E-state index contributed by atoms with van der Waals surface area (Å²) < 4.78 is 10.8. The zero-order valence-corrected chi connectivity index (χ0v) is 15.9. The highest BCUT2D eigenvalue weighted by Crippen LogP contribution is 2.37. The van der Waals surface area contributed by atoms with Crippen molar-refractivity contribution in [1.29, 1.82) is 0 Å². The molecular formula is C22H21N3O3. The lowest BCUT2D eigenvalue weighted by Gasteiger charge is -2.26. The molecule has 142 valence electrons. The van der Waals surface area contributed by atoms with E-state index >= 15 is 0 Å². The predicted octanol–water partition coefficient (Wildman–Crippen LogP) is 4.07. The lowest BCUT2D eigenvalue weighted by Crippen LogP contribution is -2.40. The number of H-pyrrole nitrogens is 1. The van der Waals surface area contributed by atoms with Crippen LogP contribution in [0.1, 0.15) is 21.8 Å². The SMILES string of the molecule is Cc1noc(C)c1-c1cccc2[nH]c3ccc(C(=O)N4CCOCC4)cc3c12. The first kappa shape index (κ1) is 17.0. The smallest absolute Gasteiger partial charge is 0.254 e. The van der Waals surface area contributed by atoms with Gasteiger partial charge in [0.1, 0.15) is 5.76 Å². The first-order valence-electron chi connectivity index (χ1n) is 9.48. The molecule has 5 rings (SSSR count). The molecule has 1 aliphatic heterocycles. The molecule has 0 aliphatic carbocycles. The molecule has 0 atom stereocenters. The fourth-order valence-electron chi connectivity index (χ4n) is 4.11. The summed E-state index contributed by atoms with van der Waals surface area (Å²) >= 11 is 0. The zero-order valence-electron chi connectivity index (χ0n) is 15.9. The maximum atomic E-state index is 13.0. The standard InChI is InChI=1S/C22H21N3O3/c1-13-20(14(2)28-24-13)16-4-3-5-19-21(16)17-12-15(6-7-18(17)23-19)22(26)25-8-10-27-11-9-25/h3-7,12,23H,8-11H2,1-2H3. The van der Waals surface area contributed by atoms with Crippen LogP contribution in [0.4, 0.5) is 0 Å². The molecule has 6 nitrogen and oxygen atoms in total. The number of benzene rings is 2. The molecule has 4 aromatic rings. The van der Waals surface area contributed by atoms with Crippen molar-refractivity contribution in [2.24, 2.45) is 0 Å². The van der Waals surface area contributed by atoms with E-state index < -0.39 is 0 Å². The van der Waals surface area contributed by atoms with E-state index in [0.29, 0.717) is 31.9 Å². The third kappa shape index (κ3) is 2.60. The second kappa shape index (κ2) is 6.49. The molecule has 1 N–H and O–H groups in total. The van der Waals surface area contributed by atoms with Crippen molar-refractivity contribution in [2.75, 3.05) is 26.3 Å². The van der Waals surface area contributed by atoms with E-state index in [4.69, 9.17) is 9.26 Å². The van der Waals surface area contributed by atoms with E-state index in [0.717, 1.165) is 44.4 Å². The van der Waals surface area contributed by atoms with Crippen molar-refractivity contribution in [3.8, 4) is 11.1 Å². The molecule has 2 aromatic carbocycles. The number of aromatic nitrogens is 2. The lowest BCUT2D eigenvalue weighted by molar-refractivity contribution is 0.0303. The van der Waals surface area contributed by atoms with Crippen molar-refractivity contribution < 1.29 is 14.1 Å². The second-order valence-corrected chi connectivity index (χ2v) is 7.22. The Balaban J connectivity index is 1.70. The largest absolute Gasteiger partial charge is 0.378 e. The van der Waals surface area contributed by atoms with Crippen LogP contribution in [-0.2, 0) is 4.74 Å². The summed E-state index contributed by atoms with van der Waals surface area (Å²) in [6.45, 7) is 6.34. The molecule has 1 amide bonds. The molecule has 1 saturated heterocycles. The van der Waals surface area contributed by atoms with Gasteiger partial charge >= 0.3 is 0 Å². The van der Waals surface area contributed by atoms with Crippen LogP contribution >= 0.6 is 0 Å². The summed E-state index contributed by atoms with van der Waals surface area (Å²) in [7, 11) is 0. The Kier molecular flexibility index (Phi) is 3.94. The number of fused-ring (bicyclic) bond motifs is 3. The van der Waals surface area contributed by atoms with Crippen LogP contribution in [0.3, 0.4) is 0 Å². The number of amides is 1. The third-order valence-corrected chi connectivity index (χ3v) is 5.47. The molecule has 6 heteroatoms. The monoisotopic (exact) mass is 375 g/mol. The van der Waals surface area contributed by atoms with Gasteiger partial charge in [0.25, 0.3) is 5.91 Å². The van der Waals surface area contributed by atoms with E-state index in [-0.39, 0.29) is 5.91 Å². The Morgan fingerprint density at radius 2 is 1.93 bits per heavy atom. The van der Waals surface area contributed by atoms with Crippen LogP contribution in [-0.4, -0.2) is 47.3 Å². The van der Waals surface area contributed by atoms with Crippen molar-refractivity contribution in [2.45, 2.75) is 13.8 Å². The van der Waals surface area contributed by atoms with Crippen molar-refractivity contribution >= 4 is 27.7 Å². The Hall–Kier alpha value is -3.12. The van der Waals surface area contributed by atoms with Crippen LogP contribution < -0.4 is 0 Å². The Morgan fingerprint density at radius 1 is 1.11 bits per heavy atom. The molecule has 2 aromatic heterocycles. The summed E-state index contributed by atoms with van der Waals surface area (Å²) in [5.41, 5.74) is 5.67. The molecule has 28 heavy (non-hydrogen) atoms. The van der Waals surface area contributed by atoms with Gasteiger partial charge in [0, 0.05) is 46.0 Å². The van der Waals surface area contributed by atoms with Gasteiger partial charge in [0.05, 0.1) is 18.9 Å². The topological polar surface area (TPSA) is 71.4 Å². The first-order chi connectivity index (χ1) is 13.6. The average molecular weight is 375 g/mol. The Labute approximate surface area is 162 Å². The van der Waals surface area contributed by atoms with E-state index in [1.54, 1.807) is 0 Å². The average Bonchev–Trinajstić information content (AvgIpc) is 3.27. The van der Waals surface area contributed by atoms with Gasteiger partial charge < -0.3 is 19.1 Å². The highest BCUT2D eigenvalue weighted by atomic mass is 16.5. The van der Waals surface area contributed by atoms with Gasteiger partial charge in [-0.05, 0) is 43.7 Å². The molecule has 0 saturated carbocycles. The fraction of sp³-hybridized carbons (Fsp3) is 0.273. The van der Waals surface area contributed by atoms with Crippen LogP contribution in [0.5, 0.6) is 0 Å². The summed E-state index contributed by atoms with van der Waals surface area (Å²) in [4.78, 5) is 18.3. The number of nitrogens with zero attached hydrogens (tertiary/aromatic N) is 2. The summed E-state index contributed by atoms with van der Waals surface area (Å²) in [6.07, 6.45) is 0. The molecule has 1 fully saturated rings. The quantitative estimate of drug-likeness (QED) is 0.573. The highest BCUT2D eigenvalue weighted by Gasteiger charge is 2.21. The number of ether oxygens (including phenoxy) is 1. The normalized spacial score (nSPS) is 14.9. The second-order valence-electron chi connectivity index (χ2n) is 7.22. The maximum Gasteiger partial charge on any atom is 0.254 e. The number of hydrogen-bond donors (Lipinski definition) is 1. The Bertz CT molecular complexity index is 1180. The maximum absolute atomic E-state index is 13.0. The molecule has 3 heterocycles. The van der Waals surface area contributed by atoms with Gasteiger partial charge in [-0.15, -0.1) is 0 Å². The fourth-order valence-corrected chi connectivity index (χ4v) is 4.11. The van der Waals surface area contributed by atoms with Crippen LogP contribution in [0.25, 0.3) is 32.9 Å². The molecular weight excluding hydrogens is 354 g/mol. The van der Waals surface area contributed by atoms with Crippen LogP contribution in [0, 0.1) is 13.8 Å². The minimum Gasteiger partial charge on any atom is -0.378 e. The van der Waals surface area contributed by atoms with Crippen LogP contribution in [0.15, 0.2) is 40.9 Å². The molecule has 0 bridgehead atoms. The number of carbonyl (C=O) groups is 1. The van der Waals surface area contributed by atoms with E-state index in [9.17, 15) is 4.79 Å². The van der Waals surface area contributed by atoms with Crippen molar-refractivity contribution in [3.63, 3.8) is 0 Å². The van der Waals surface area contributed by atoms with E-state index in [1.807, 2.05) is 43.0 Å². The zero-order chi connectivity index (χ0) is 19.3. The van der Waals surface area contributed by atoms with E-state index in [1.165, 1.54) is 0 Å². The molecule has 0 radical (unpaired) electrons. The number of rotatable bonds is 2. The molecule has 0 unspecified atom stereocenters. The molecule has 0 spiro atoms. The summed E-state index contributed by atoms with van der Waals surface area (Å²) in [6, 6.07) is 12.0. The number of nitrogens with one attached hydrogen (secondary N) is 1. The van der Waals surface area contributed by atoms with Gasteiger partial charge in [-0.25, -0.2) is 0 Å². The first-order valence-corrected chi connectivity index (χ1v) is 9.48. The summed E-state index contributed by atoms with van der Waals surface area (Å²) in [5, 5.41) is 6.23. The van der Waals surface area contributed by atoms with Crippen molar-refractivity contribution in [1.82, 2.24) is 15.0 Å². The van der Waals surface area contributed by atoms with Crippen molar-refractivity contribution in [3.05, 3.63) is 53.4 Å². The summed E-state index contributed by atoms with van der Waals surface area (Å²) in [5.74, 6) is 0.842. The number of aromatic amines is 1.